The molecule has 0 aromatic heterocycles. The van der Waals surface area contributed by atoms with Gasteiger partial charge in [-0.15, -0.1) is 0 Å². The number of benzene rings is 3. The second kappa shape index (κ2) is 9.41. The van der Waals surface area contributed by atoms with Crippen LogP contribution in [-0.4, -0.2) is 11.4 Å². The van der Waals surface area contributed by atoms with Gasteiger partial charge < -0.3 is 14.6 Å². The van der Waals surface area contributed by atoms with Crippen LogP contribution < -0.4 is 9.47 Å². The summed E-state index contributed by atoms with van der Waals surface area (Å²) in [6.07, 6.45) is 1.54. The van der Waals surface area contributed by atoms with Gasteiger partial charge in [0.15, 0.2) is 6.29 Å². The van der Waals surface area contributed by atoms with Gasteiger partial charge >= 0.3 is 0 Å². The van der Waals surface area contributed by atoms with Crippen LogP contribution in [0, 0.1) is 6.92 Å². The molecule has 39 heavy (non-hydrogen) atoms. The first-order valence-corrected chi connectivity index (χ1v) is 13.8. The quantitative estimate of drug-likeness (QED) is 0.326. The Bertz CT molecular complexity index is 1430. The van der Waals surface area contributed by atoms with Crippen LogP contribution >= 0.6 is 0 Å². The molecule has 2 aliphatic heterocycles. The molecule has 2 heterocycles. The van der Waals surface area contributed by atoms with Gasteiger partial charge in [0, 0.05) is 0 Å². The molecule has 0 spiro atoms. The summed E-state index contributed by atoms with van der Waals surface area (Å²) in [6, 6.07) is 16.2. The van der Waals surface area contributed by atoms with Crippen LogP contribution in [0.4, 0.5) is 0 Å². The Morgan fingerprint density at radius 3 is 1.87 bits per heavy atom. The molecule has 0 fully saturated rings. The SMILES string of the molecule is Cc1cc(O)c(C=O)cc1C(C)(C)CCC(C)(C)c1ccc2c(c1)C1Oc3ccc(C(C)(C)C)cc3C(O2)O1. The van der Waals surface area contributed by atoms with Crippen LogP contribution in [0.2, 0.25) is 0 Å². The van der Waals surface area contributed by atoms with Crippen molar-refractivity contribution in [1.82, 2.24) is 0 Å². The van der Waals surface area contributed by atoms with Crippen molar-refractivity contribution < 1.29 is 24.1 Å². The van der Waals surface area contributed by atoms with E-state index < -0.39 is 12.6 Å². The van der Waals surface area contributed by atoms with Crippen molar-refractivity contribution in [2.24, 2.45) is 0 Å². The van der Waals surface area contributed by atoms with Crippen molar-refractivity contribution in [3.05, 3.63) is 87.5 Å². The van der Waals surface area contributed by atoms with Crippen LogP contribution in [0.1, 0.15) is 118 Å². The first kappa shape index (κ1) is 27.3. The van der Waals surface area contributed by atoms with E-state index in [1.54, 1.807) is 6.07 Å². The molecule has 0 saturated heterocycles. The third-order valence-electron chi connectivity index (χ3n) is 8.49. The van der Waals surface area contributed by atoms with Gasteiger partial charge in [-0.25, -0.2) is 0 Å². The number of aryl methyl sites for hydroxylation is 1. The lowest BCUT2D eigenvalue weighted by atomic mass is 9.71. The average molecular weight is 529 g/mol. The Morgan fingerprint density at radius 1 is 0.769 bits per heavy atom. The molecular formula is C34H40O5. The van der Waals surface area contributed by atoms with Gasteiger partial charge in [0.1, 0.15) is 17.2 Å². The summed E-state index contributed by atoms with van der Waals surface area (Å²) in [5.74, 6) is 1.63. The Hall–Kier alpha value is -3.31. The summed E-state index contributed by atoms with van der Waals surface area (Å²) in [5, 5.41) is 10.1. The topological polar surface area (TPSA) is 65.0 Å². The van der Waals surface area contributed by atoms with Crippen LogP contribution in [0.3, 0.4) is 0 Å². The van der Waals surface area contributed by atoms with Crippen LogP contribution in [0.5, 0.6) is 17.2 Å². The van der Waals surface area contributed by atoms with E-state index in [1.807, 2.05) is 25.1 Å². The van der Waals surface area contributed by atoms with Gasteiger partial charge in [-0.3, -0.25) is 9.53 Å². The Kier molecular flexibility index (Phi) is 6.58. The summed E-state index contributed by atoms with van der Waals surface area (Å²) in [5.41, 5.74) is 6.36. The maximum absolute atomic E-state index is 11.4. The van der Waals surface area contributed by atoms with E-state index in [0.717, 1.165) is 52.9 Å². The molecule has 2 unspecified atom stereocenters. The van der Waals surface area contributed by atoms with Crippen LogP contribution in [0.15, 0.2) is 48.5 Å². The highest BCUT2D eigenvalue weighted by atomic mass is 16.8. The van der Waals surface area contributed by atoms with E-state index >= 15 is 0 Å². The van der Waals surface area contributed by atoms with Gasteiger partial charge in [0.25, 0.3) is 0 Å². The smallest absolute Gasteiger partial charge is 0.233 e. The molecule has 5 rings (SSSR count). The van der Waals surface area contributed by atoms with Gasteiger partial charge in [0.05, 0.1) is 16.7 Å². The maximum atomic E-state index is 11.4. The van der Waals surface area contributed by atoms with Gasteiger partial charge in [-0.2, -0.15) is 0 Å². The second-order valence-corrected chi connectivity index (χ2v) is 13.4. The summed E-state index contributed by atoms with van der Waals surface area (Å²) in [6.45, 7) is 17.5. The van der Waals surface area contributed by atoms with Gasteiger partial charge in [-0.05, 0) is 94.7 Å². The molecule has 0 saturated carbocycles. The largest absolute Gasteiger partial charge is 0.507 e. The number of phenolic OH excluding ortho intramolecular Hbond substituents is 1. The summed E-state index contributed by atoms with van der Waals surface area (Å²) in [4.78, 5) is 11.4. The lowest BCUT2D eigenvalue weighted by Crippen LogP contribution is -2.31. The van der Waals surface area contributed by atoms with E-state index in [9.17, 15) is 9.90 Å². The highest BCUT2D eigenvalue weighted by Gasteiger charge is 2.39. The first-order valence-electron chi connectivity index (χ1n) is 13.8. The molecule has 3 aromatic rings. The number of hydrogen-bond acceptors (Lipinski definition) is 5. The summed E-state index contributed by atoms with van der Waals surface area (Å²) >= 11 is 0. The number of rotatable bonds is 6. The lowest BCUT2D eigenvalue weighted by Gasteiger charge is -2.39. The van der Waals surface area contributed by atoms with Gasteiger partial charge in [-0.1, -0.05) is 60.6 Å². The van der Waals surface area contributed by atoms with Crippen molar-refractivity contribution in [2.45, 2.75) is 97.1 Å². The van der Waals surface area contributed by atoms with E-state index in [2.05, 4.69) is 72.7 Å². The van der Waals surface area contributed by atoms with E-state index in [4.69, 9.17) is 14.2 Å². The number of fused-ring (bicyclic) bond motifs is 6. The zero-order valence-electron chi connectivity index (χ0n) is 24.3. The minimum Gasteiger partial charge on any atom is -0.507 e. The molecule has 5 nitrogen and oxygen atoms in total. The van der Waals surface area contributed by atoms with Crippen molar-refractivity contribution in [2.75, 3.05) is 0 Å². The molecule has 0 aliphatic carbocycles. The third-order valence-corrected chi connectivity index (χ3v) is 8.49. The molecule has 3 aromatic carbocycles. The number of aromatic hydroxyl groups is 1. The number of carbonyl (C=O) groups is 1. The van der Waals surface area contributed by atoms with Gasteiger partial charge in [0.2, 0.25) is 12.6 Å². The summed E-state index contributed by atoms with van der Waals surface area (Å²) < 4.78 is 18.9. The second-order valence-electron chi connectivity index (χ2n) is 13.4. The summed E-state index contributed by atoms with van der Waals surface area (Å²) in [7, 11) is 0. The zero-order valence-corrected chi connectivity index (χ0v) is 24.3. The van der Waals surface area contributed by atoms with E-state index in [1.165, 1.54) is 11.1 Å². The zero-order chi connectivity index (χ0) is 28.3. The van der Waals surface area contributed by atoms with E-state index in [-0.39, 0.29) is 22.0 Å². The first-order chi connectivity index (χ1) is 18.2. The third kappa shape index (κ3) is 5.05. The molecule has 0 radical (unpaired) electrons. The predicted molar refractivity (Wildman–Crippen MR) is 153 cm³/mol. The molecule has 5 heteroatoms. The van der Waals surface area contributed by atoms with Crippen LogP contribution in [-0.2, 0) is 21.0 Å². The monoisotopic (exact) mass is 528 g/mol. The minimum atomic E-state index is -0.514. The number of phenols is 1. The normalized spacial score (nSPS) is 18.5. The fraction of sp³-hybridized carbons (Fsp3) is 0.441. The predicted octanol–water partition coefficient (Wildman–Crippen LogP) is 8.35. The number of carbonyl (C=O) groups excluding carboxylic acids is 1. The van der Waals surface area contributed by atoms with Crippen molar-refractivity contribution in [1.29, 1.82) is 0 Å². The Balaban J connectivity index is 1.37. The molecule has 2 bridgehead atoms. The highest BCUT2D eigenvalue weighted by Crippen LogP contribution is 2.49. The standard InChI is InChI=1S/C34H40O5/c1-20-15-27(36)21(19-35)16-26(20)34(7,8)14-13-33(5,6)23-10-12-29-25(18-23)31-37-28-11-9-22(32(2,3)4)17-24(28)30(38-29)39-31/h9-12,15-19,30-31,36H,13-14H2,1-8H3. The number of aldehydes is 1. The van der Waals surface area contributed by atoms with E-state index in [0.29, 0.717) is 5.56 Å². The lowest BCUT2D eigenvalue weighted by molar-refractivity contribution is -0.227. The number of hydrogen-bond donors (Lipinski definition) is 1. The molecule has 1 N–H and O–H groups in total. The fourth-order valence-electron chi connectivity index (χ4n) is 5.68. The highest BCUT2D eigenvalue weighted by molar-refractivity contribution is 5.80. The molecule has 2 aliphatic rings. The fourth-order valence-corrected chi connectivity index (χ4v) is 5.68. The number of ether oxygens (including phenoxy) is 3. The molecule has 2 atom stereocenters. The Morgan fingerprint density at radius 2 is 1.31 bits per heavy atom. The average Bonchev–Trinajstić information content (AvgIpc) is 2.87. The maximum Gasteiger partial charge on any atom is 0.233 e. The Labute approximate surface area is 232 Å². The molecule has 0 amide bonds. The minimum absolute atomic E-state index is 0.0191. The van der Waals surface area contributed by atoms with Crippen molar-refractivity contribution in [3.8, 4) is 17.2 Å². The van der Waals surface area contributed by atoms with Crippen molar-refractivity contribution >= 4 is 6.29 Å². The van der Waals surface area contributed by atoms with Crippen LogP contribution in [0.25, 0.3) is 0 Å². The molecule has 206 valence electrons. The molecular weight excluding hydrogens is 488 g/mol. The van der Waals surface area contributed by atoms with Crippen molar-refractivity contribution in [3.63, 3.8) is 0 Å².